The second kappa shape index (κ2) is 18.2. The topological polar surface area (TPSA) is 175 Å². The van der Waals surface area contributed by atoms with Crippen molar-refractivity contribution in [2.24, 2.45) is 11.8 Å². The highest BCUT2D eigenvalue weighted by molar-refractivity contribution is 5.87. The molecule has 4 amide bonds. The monoisotopic (exact) mass is 776 g/mol. The first-order chi connectivity index (χ1) is 27.5. The minimum Gasteiger partial charge on any atom is -0.445 e. The molecule has 0 spiro atoms. The van der Waals surface area contributed by atoms with Crippen LogP contribution >= 0.6 is 0 Å². The van der Waals surface area contributed by atoms with Gasteiger partial charge in [0.1, 0.15) is 30.3 Å². The van der Waals surface area contributed by atoms with Crippen LogP contribution in [0.5, 0.6) is 0 Å². The number of alkyl carbamates (subject to hydrolysis) is 2. The summed E-state index contributed by atoms with van der Waals surface area (Å²) in [4.78, 5) is 71.5. The smallest absolute Gasteiger partial charge is 0.412 e. The van der Waals surface area contributed by atoms with Crippen molar-refractivity contribution >= 4 is 24.0 Å². The number of amides is 4. The summed E-state index contributed by atoms with van der Waals surface area (Å²) in [5, 5.41) is 5.40. The van der Waals surface area contributed by atoms with Crippen LogP contribution < -0.4 is 10.6 Å². The molecular formula is C43H52N8O6. The highest BCUT2D eigenvalue weighted by Gasteiger charge is 2.39. The quantitative estimate of drug-likeness (QED) is 0.0763. The van der Waals surface area contributed by atoms with E-state index in [1.165, 1.54) is 6.08 Å². The number of rotatable bonds is 14. The van der Waals surface area contributed by atoms with Crippen molar-refractivity contribution in [3.05, 3.63) is 98.1 Å². The van der Waals surface area contributed by atoms with Crippen molar-refractivity contribution in [1.82, 2.24) is 40.4 Å². The third-order valence-electron chi connectivity index (χ3n) is 10.6. The number of hydrogen-bond donors (Lipinski definition) is 4. The number of imidazole rings is 2. The van der Waals surface area contributed by atoms with Crippen LogP contribution in [0.1, 0.15) is 77.1 Å². The van der Waals surface area contributed by atoms with Gasteiger partial charge in [0, 0.05) is 13.1 Å². The third kappa shape index (κ3) is 9.28. The average molecular weight is 777 g/mol. The van der Waals surface area contributed by atoms with Gasteiger partial charge >= 0.3 is 12.2 Å². The van der Waals surface area contributed by atoms with E-state index in [4.69, 9.17) is 9.47 Å². The Kier molecular flexibility index (Phi) is 12.9. The zero-order chi connectivity index (χ0) is 40.6. The van der Waals surface area contributed by atoms with E-state index < -0.39 is 24.3 Å². The van der Waals surface area contributed by atoms with Crippen LogP contribution in [0.3, 0.4) is 0 Å². The van der Waals surface area contributed by atoms with Crippen molar-refractivity contribution in [2.45, 2.75) is 77.5 Å². The Morgan fingerprint density at radius 2 is 1.14 bits per heavy atom. The fourth-order valence-corrected chi connectivity index (χ4v) is 7.54. The standard InChI is InChI=1S/C43H52N8O6/c1-7-23-57-43(55)49-37(27(5)6)41(53)51-22-10-12-35(51)39-45-25-33(47-39)31-19-15-29(16-20-31)28-13-17-30(18-14-28)32-24-44-38(46-32)34-11-9-21-50(34)40(52)36(26(3)4)48-42(54)56-8-2/h7-8,13-20,24-27,34-37H,1-2,9-12,21-23H2,3-6H3,(H,44,46)(H,45,47)(H,48,54)(H,49,55)/t34-,35+,36+,37+/m1/s1. The molecular weight excluding hydrogens is 725 g/mol. The van der Waals surface area contributed by atoms with E-state index in [-0.39, 0.29) is 42.3 Å². The number of aromatic amines is 2. The SMILES string of the molecule is C=CCOC(=O)N[C@H](C(=O)N1CCC[C@H]1c1ncc(-c2ccc(-c3ccc(-c4cnc([C@H]5CCCN5C(=O)[C@@H](NC(=O)OC=C)C(C)C)[nH]4)cc3)cc2)[nH]1)C(C)C. The molecule has 0 bridgehead atoms. The van der Waals surface area contributed by atoms with E-state index in [1.807, 2.05) is 52.0 Å². The lowest BCUT2D eigenvalue weighted by atomic mass is 10.0. The molecule has 4 heterocycles. The Hall–Kier alpha value is -6.18. The van der Waals surface area contributed by atoms with Gasteiger partial charge < -0.3 is 39.9 Å². The van der Waals surface area contributed by atoms with Gasteiger partial charge in [-0.25, -0.2) is 19.6 Å². The minimum absolute atomic E-state index is 0.0672. The summed E-state index contributed by atoms with van der Waals surface area (Å²) >= 11 is 0. The number of nitrogens with one attached hydrogen (secondary N) is 4. The molecule has 300 valence electrons. The molecule has 2 fully saturated rings. The average Bonchev–Trinajstić information content (AvgIpc) is 4.05. The molecule has 2 saturated heterocycles. The summed E-state index contributed by atoms with van der Waals surface area (Å²) in [6.07, 6.45) is 7.95. The summed E-state index contributed by atoms with van der Waals surface area (Å²) in [6, 6.07) is 14.5. The first-order valence-electron chi connectivity index (χ1n) is 19.5. The number of aromatic nitrogens is 4. The highest BCUT2D eigenvalue weighted by Crippen LogP contribution is 2.35. The lowest BCUT2D eigenvalue weighted by Gasteiger charge is -2.30. The molecule has 57 heavy (non-hydrogen) atoms. The van der Waals surface area contributed by atoms with Crippen LogP contribution in [0.15, 0.2) is 86.4 Å². The van der Waals surface area contributed by atoms with E-state index in [0.29, 0.717) is 24.7 Å². The number of H-pyrrole nitrogens is 2. The lowest BCUT2D eigenvalue weighted by Crippen LogP contribution is -2.51. The molecule has 0 unspecified atom stereocenters. The van der Waals surface area contributed by atoms with Gasteiger partial charge in [-0.05, 0) is 59.8 Å². The zero-order valence-corrected chi connectivity index (χ0v) is 33.0. The van der Waals surface area contributed by atoms with Crippen molar-refractivity contribution in [2.75, 3.05) is 19.7 Å². The van der Waals surface area contributed by atoms with Crippen LogP contribution in [0, 0.1) is 11.8 Å². The van der Waals surface area contributed by atoms with Gasteiger partial charge in [-0.15, -0.1) is 0 Å². The van der Waals surface area contributed by atoms with Crippen molar-refractivity contribution in [1.29, 1.82) is 0 Å². The number of benzene rings is 2. The minimum atomic E-state index is -0.736. The van der Waals surface area contributed by atoms with Gasteiger partial charge in [0.15, 0.2) is 0 Å². The maximum absolute atomic E-state index is 13.7. The Morgan fingerprint density at radius 3 is 1.54 bits per heavy atom. The number of likely N-dealkylation sites (tertiary alicyclic amines) is 2. The number of ether oxygens (including phenoxy) is 2. The predicted molar refractivity (Wildman–Crippen MR) is 216 cm³/mol. The molecule has 2 aliphatic rings. The highest BCUT2D eigenvalue weighted by atomic mass is 16.5. The molecule has 0 saturated carbocycles. The van der Waals surface area contributed by atoms with Gasteiger partial charge in [-0.2, -0.15) is 0 Å². The predicted octanol–water partition coefficient (Wildman–Crippen LogP) is 7.29. The van der Waals surface area contributed by atoms with Gasteiger partial charge in [-0.3, -0.25) is 9.59 Å². The lowest BCUT2D eigenvalue weighted by molar-refractivity contribution is -0.136. The second-order valence-corrected chi connectivity index (χ2v) is 15.1. The van der Waals surface area contributed by atoms with Crippen molar-refractivity contribution in [3.63, 3.8) is 0 Å². The summed E-state index contributed by atoms with van der Waals surface area (Å²) in [5.74, 6) is 0.821. The molecule has 4 aromatic rings. The Labute approximate surface area is 333 Å². The third-order valence-corrected chi connectivity index (χ3v) is 10.6. The summed E-state index contributed by atoms with van der Waals surface area (Å²) in [7, 11) is 0. The van der Waals surface area contributed by atoms with E-state index in [1.54, 1.807) is 22.2 Å². The van der Waals surface area contributed by atoms with Crippen LogP contribution in [-0.2, 0) is 19.1 Å². The van der Waals surface area contributed by atoms with Gasteiger partial charge in [0.05, 0.1) is 42.1 Å². The van der Waals surface area contributed by atoms with E-state index in [0.717, 1.165) is 65.6 Å². The zero-order valence-electron chi connectivity index (χ0n) is 33.0. The number of nitrogens with zero attached hydrogens (tertiary/aromatic N) is 4. The Morgan fingerprint density at radius 1 is 0.719 bits per heavy atom. The fourth-order valence-electron chi connectivity index (χ4n) is 7.54. The summed E-state index contributed by atoms with van der Waals surface area (Å²) in [5.41, 5.74) is 5.72. The van der Waals surface area contributed by atoms with Gasteiger partial charge in [0.25, 0.3) is 0 Å². The fraction of sp³-hybridized carbons (Fsp3) is 0.395. The van der Waals surface area contributed by atoms with Gasteiger partial charge in [0.2, 0.25) is 11.8 Å². The van der Waals surface area contributed by atoms with Crippen LogP contribution in [0.25, 0.3) is 33.6 Å². The summed E-state index contributed by atoms with van der Waals surface area (Å²) < 4.78 is 9.88. The van der Waals surface area contributed by atoms with E-state index >= 15 is 0 Å². The molecule has 4 N–H and O–H groups in total. The molecule has 0 aliphatic carbocycles. The normalized spacial score (nSPS) is 17.6. The first-order valence-corrected chi connectivity index (χ1v) is 19.5. The Bertz CT molecular complexity index is 2050. The maximum atomic E-state index is 13.7. The number of carbonyl (C=O) groups excluding carboxylic acids is 4. The van der Waals surface area contributed by atoms with Crippen LogP contribution in [0.2, 0.25) is 0 Å². The van der Waals surface area contributed by atoms with Crippen LogP contribution in [-0.4, -0.2) is 85.5 Å². The molecule has 2 aromatic heterocycles. The molecule has 0 radical (unpaired) electrons. The van der Waals surface area contributed by atoms with Crippen molar-refractivity contribution in [3.8, 4) is 33.6 Å². The van der Waals surface area contributed by atoms with Crippen LogP contribution in [0.4, 0.5) is 9.59 Å². The molecule has 14 heteroatoms. The molecule has 2 aromatic carbocycles. The number of carbonyl (C=O) groups is 4. The molecule has 2 aliphatic heterocycles. The molecule has 4 atom stereocenters. The first kappa shape index (κ1) is 40.5. The van der Waals surface area contributed by atoms with Gasteiger partial charge in [-0.1, -0.05) is 95.5 Å². The second-order valence-electron chi connectivity index (χ2n) is 15.1. The maximum Gasteiger partial charge on any atom is 0.412 e. The number of hydrogen-bond acceptors (Lipinski definition) is 8. The largest absolute Gasteiger partial charge is 0.445 e. The van der Waals surface area contributed by atoms with Crippen molar-refractivity contribution < 1.29 is 28.7 Å². The van der Waals surface area contributed by atoms with E-state index in [2.05, 4.69) is 68.0 Å². The molecule has 6 rings (SSSR count). The molecule has 14 nitrogen and oxygen atoms in total. The summed E-state index contributed by atoms with van der Waals surface area (Å²) in [6.45, 7) is 15.7. The Balaban J connectivity index is 1.09. The van der Waals surface area contributed by atoms with E-state index in [9.17, 15) is 19.2 Å².